The molecule has 0 radical (unpaired) electrons. The van der Waals surface area contributed by atoms with Crippen molar-refractivity contribution in [1.82, 2.24) is 24.9 Å². The van der Waals surface area contributed by atoms with E-state index < -0.39 is 0 Å². The van der Waals surface area contributed by atoms with Gasteiger partial charge in [0.2, 0.25) is 0 Å². The number of aliphatic imine (C=N–C) groups is 1. The summed E-state index contributed by atoms with van der Waals surface area (Å²) in [6, 6.07) is 6.96. The molecule has 1 aromatic heterocycles. The predicted octanol–water partition coefficient (Wildman–Crippen LogP) is 2.09. The zero-order chi connectivity index (χ0) is 20.4. The van der Waals surface area contributed by atoms with E-state index in [1.165, 1.54) is 10.5 Å². The first-order chi connectivity index (χ1) is 14.1. The lowest BCUT2D eigenvalue weighted by Crippen LogP contribution is -2.41. The number of nitrogens with one attached hydrogen (secondary N) is 1. The van der Waals surface area contributed by atoms with Crippen LogP contribution in [0, 0.1) is 0 Å². The Hall–Kier alpha value is -2.43. The van der Waals surface area contributed by atoms with Gasteiger partial charge in [0.1, 0.15) is 0 Å². The van der Waals surface area contributed by atoms with Gasteiger partial charge in [-0.25, -0.2) is 0 Å². The summed E-state index contributed by atoms with van der Waals surface area (Å²) in [6.07, 6.45) is 5.05. The molecule has 0 aliphatic carbocycles. The van der Waals surface area contributed by atoms with Crippen molar-refractivity contribution in [3.05, 3.63) is 53.3 Å². The highest BCUT2D eigenvalue weighted by molar-refractivity contribution is 14.0. The Bertz CT molecular complexity index is 921. The highest BCUT2D eigenvalue weighted by atomic mass is 127. The number of hydrogen-bond acceptors (Lipinski definition) is 4. The lowest BCUT2D eigenvalue weighted by Gasteiger charge is -2.22. The third kappa shape index (κ3) is 4.35. The van der Waals surface area contributed by atoms with Gasteiger partial charge in [0, 0.05) is 45.3 Å². The Kier molecular flexibility index (Phi) is 7.11. The fourth-order valence-electron chi connectivity index (χ4n) is 4.00. The number of rotatable bonds is 5. The summed E-state index contributed by atoms with van der Waals surface area (Å²) in [6.45, 7) is 5.25. The van der Waals surface area contributed by atoms with E-state index >= 15 is 0 Å². The number of nitrogens with zero attached hydrogens (tertiary/aromatic N) is 5. The van der Waals surface area contributed by atoms with Crippen LogP contribution in [-0.2, 0) is 7.05 Å². The second-order valence-corrected chi connectivity index (χ2v) is 7.42. The van der Waals surface area contributed by atoms with Crippen molar-refractivity contribution in [3.8, 4) is 0 Å². The number of likely N-dealkylation sites (tertiary alicyclic amines) is 1. The number of halogens is 1. The van der Waals surface area contributed by atoms with Crippen LogP contribution in [0.15, 0.2) is 41.7 Å². The number of carbonyl (C=O) groups is 2. The molecule has 3 heterocycles. The molecule has 1 aromatic carbocycles. The molecule has 1 N–H and O–H groups in total. The van der Waals surface area contributed by atoms with Gasteiger partial charge in [0.25, 0.3) is 11.8 Å². The lowest BCUT2D eigenvalue weighted by molar-refractivity contribution is 0.0659. The molecule has 4 rings (SSSR count). The normalized spacial score (nSPS) is 18.6. The smallest absolute Gasteiger partial charge is 0.261 e. The Morgan fingerprint density at radius 3 is 2.53 bits per heavy atom. The minimum Gasteiger partial charge on any atom is -0.357 e. The Morgan fingerprint density at radius 2 is 1.93 bits per heavy atom. The summed E-state index contributed by atoms with van der Waals surface area (Å²) < 4.78 is 1.83. The molecule has 160 valence electrons. The second kappa shape index (κ2) is 9.59. The van der Waals surface area contributed by atoms with E-state index in [0.29, 0.717) is 23.6 Å². The largest absolute Gasteiger partial charge is 0.357 e. The van der Waals surface area contributed by atoms with Crippen LogP contribution >= 0.6 is 24.0 Å². The van der Waals surface area contributed by atoms with Crippen LogP contribution in [0.1, 0.15) is 45.5 Å². The maximum atomic E-state index is 12.5. The van der Waals surface area contributed by atoms with Crippen molar-refractivity contribution in [3.63, 3.8) is 0 Å². The van der Waals surface area contributed by atoms with E-state index in [1.54, 1.807) is 24.3 Å². The van der Waals surface area contributed by atoms with E-state index in [2.05, 4.69) is 26.5 Å². The first kappa shape index (κ1) is 22.3. The molecule has 0 saturated carbocycles. The molecule has 1 atom stereocenters. The molecule has 0 spiro atoms. The van der Waals surface area contributed by atoms with Crippen LogP contribution in [0.4, 0.5) is 0 Å². The van der Waals surface area contributed by atoms with E-state index in [9.17, 15) is 9.59 Å². The topological polar surface area (TPSA) is 82.8 Å². The summed E-state index contributed by atoms with van der Waals surface area (Å²) in [4.78, 5) is 33.2. The zero-order valence-corrected chi connectivity index (χ0v) is 19.6. The van der Waals surface area contributed by atoms with E-state index in [1.807, 2.05) is 24.9 Å². The number of amides is 2. The van der Waals surface area contributed by atoms with E-state index in [-0.39, 0.29) is 42.3 Å². The monoisotopic (exact) mass is 522 g/mol. The van der Waals surface area contributed by atoms with Crippen LogP contribution in [0.5, 0.6) is 0 Å². The minimum absolute atomic E-state index is 0. The number of aryl methyl sites for hydroxylation is 1. The quantitative estimate of drug-likeness (QED) is 0.282. The summed E-state index contributed by atoms with van der Waals surface area (Å²) in [5, 5.41) is 7.61. The Balaban J connectivity index is 0.00000256. The molecule has 2 aliphatic heterocycles. The average molecular weight is 522 g/mol. The fourth-order valence-corrected chi connectivity index (χ4v) is 4.00. The first-order valence-electron chi connectivity index (χ1n) is 10.1. The number of aromatic nitrogens is 2. The van der Waals surface area contributed by atoms with Crippen molar-refractivity contribution in [1.29, 1.82) is 0 Å². The fraction of sp³-hybridized carbons (Fsp3) is 0.429. The van der Waals surface area contributed by atoms with Crippen molar-refractivity contribution >= 4 is 41.8 Å². The minimum atomic E-state index is -0.233. The van der Waals surface area contributed by atoms with Gasteiger partial charge in [-0.2, -0.15) is 5.10 Å². The molecule has 2 aromatic rings. The zero-order valence-electron chi connectivity index (χ0n) is 17.2. The molecular formula is C21H27IN6O2. The molecule has 8 nitrogen and oxygen atoms in total. The van der Waals surface area contributed by atoms with E-state index in [0.717, 1.165) is 32.0 Å². The van der Waals surface area contributed by atoms with Crippen LogP contribution < -0.4 is 5.32 Å². The number of imide groups is 1. The maximum Gasteiger partial charge on any atom is 0.261 e. The van der Waals surface area contributed by atoms with Crippen LogP contribution in [0.2, 0.25) is 0 Å². The number of hydrogen-bond donors (Lipinski definition) is 1. The molecular weight excluding hydrogens is 495 g/mol. The average Bonchev–Trinajstić information content (AvgIpc) is 3.43. The standard InChI is InChI=1S/C21H26N6O2.HI/c1-3-22-21(26-10-8-15(14-26)16-12-24-25(2)13-16)23-9-11-27-19(28)17-6-4-5-7-18(17)20(27)29;/h4-7,12-13,15H,3,8-11,14H2,1-2H3,(H,22,23);1H. The molecule has 30 heavy (non-hydrogen) atoms. The molecule has 1 saturated heterocycles. The molecule has 0 bridgehead atoms. The third-order valence-corrected chi connectivity index (χ3v) is 5.48. The van der Waals surface area contributed by atoms with Crippen molar-refractivity contribution < 1.29 is 9.59 Å². The number of fused-ring (bicyclic) bond motifs is 1. The highest BCUT2D eigenvalue weighted by Gasteiger charge is 2.34. The number of guanidine groups is 1. The second-order valence-electron chi connectivity index (χ2n) is 7.42. The molecule has 2 amide bonds. The van der Waals surface area contributed by atoms with E-state index in [4.69, 9.17) is 0 Å². The van der Waals surface area contributed by atoms with Crippen molar-refractivity contribution in [2.75, 3.05) is 32.7 Å². The van der Waals surface area contributed by atoms with Gasteiger partial charge >= 0.3 is 0 Å². The SMILES string of the molecule is CCNC(=NCCN1C(=O)c2ccccc2C1=O)N1CCC(c2cnn(C)c2)C1.I. The summed E-state index contributed by atoms with van der Waals surface area (Å²) in [7, 11) is 1.93. The molecule has 2 aliphatic rings. The molecule has 1 unspecified atom stereocenters. The van der Waals surface area contributed by atoms with Crippen LogP contribution in [0.25, 0.3) is 0 Å². The van der Waals surface area contributed by atoms with Gasteiger partial charge in [0.05, 0.1) is 23.9 Å². The van der Waals surface area contributed by atoms with Crippen molar-refractivity contribution in [2.45, 2.75) is 19.3 Å². The van der Waals surface area contributed by atoms with Gasteiger partial charge in [-0.05, 0) is 31.0 Å². The Morgan fingerprint density at radius 1 is 1.23 bits per heavy atom. The highest BCUT2D eigenvalue weighted by Crippen LogP contribution is 2.27. The summed E-state index contributed by atoms with van der Waals surface area (Å²) in [5.74, 6) is 0.798. The van der Waals surface area contributed by atoms with Crippen molar-refractivity contribution in [2.24, 2.45) is 12.0 Å². The predicted molar refractivity (Wildman–Crippen MR) is 125 cm³/mol. The summed E-state index contributed by atoms with van der Waals surface area (Å²) >= 11 is 0. The van der Waals surface area contributed by atoms with Crippen LogP contribution in [-0.4, -0.2) is 70.1 Å². The number of carbonyl (C=O) groups excluding carboxylic acids is 2. The van der Waals surface area contributed by atoms with Gasteiger partial charge in [-0.3, -0.25) is 24.2 Å². The van der Waals surface area contributed by atoms with Gasteiger partial charge in [-0.15, -0.1) is 24.0 Å². The first-order valence-corrected chi connectivity index (χ1v) is 10.1. The molecule has 9 heteroatoms. The lowest BCUT2D eigenvalue weighted by atomic mass is 10.0. The van der Waals surface area contributed by atoms with Crippen LogP contribution in [0.3, 0.4) is 0 Å². The third-order valence-electron chi connectivity index (χ3n) is 5.48. The van der Waals surface area contributed by atoms with Gasteiger partial charge < -0.3 is 10.2 Å². The van der Waals surface area contributed by atoms with Gasteiger partial charge in [0.15, 0.2) is 5.96 Å². The summed E-state index contributed by atoms with van der Waals surface area (Å²) in [5.41, 5.74) is 2.20. The Labute approximate surface area is 193 Å². The maximum absolute atomic E-state index is 12.5. The molecule has 1 fully saturated rings. The number of benzene rings is 1. The van der Waals surface area contributed by atoms with Gasteiger partial charge in [-0.1, -0.05) is 12.1 Å².